The van der Waals surface area contributed by atoms with Crippen molar-refractivity contribution in [1.29, 1.82) is 0 Å². The summed E-state index contributed by atoms with van der Waals surface area (Å²) in [5.74, 6) is 1.63. The van der Waals surface area contributed by atoms with Crippen LogP contribution in [0.4, 0.5) is 10.2 Å². The van der Waals surface area contributed by atoms with Gasteiger partial charge in [0.05, 0.1) is 12.3 Å². The highest BCUT2D eigenvalue weighted by molar-refractivity contribution is 5.61. The summed E-state index contributed by atoms with van der Waals surface area (Å²) in [6.07, 6.45) is 3.99. The van der Waals surface area contributed by atoms with E-state index in [9.17, 15) is 4.39 Å². The molecule has 1 aliphatic rings. The Bertz CT molecular complexity index is 945. The van der Waals surface area contributed by atoms with Crippen LogP contribution in [0.1, 0.15) is 24.0 Å². The second-order valence-electron chi connectivity index (χ2n) is 6.85. The third kappa shape index (κ3) is 3.60. The molecule has 0 saturated carbocycles. The zero-order valence-corrected chi connectivity index (χ0v) is 15.4. The molecule has 3 aromatic rings. The highest BCUT2D eigenvalue weighted by Crippen LogP contribution is 2.34. The van der Waals surface area contributed by atoms with Crippen LogP contribution in [0.25, 0.3) is 11.3 Å². The number of hydrogen-bond acceptors (Lipinski definition) is 5. The molecule has 0 spiro atoms. The monoisotopic (exact) mass is 364 g/mol. The number of rotatable bonds is 5. The van der Waals surface area contributed by atoms with Crippen LogP contribution in [0.5, 0.6) is 5.75 Å². The van der Waals surface area contributed by atoms with Gasteiger partial charge in [-0.3, -0.25) is 0 Å². The normalized spacial score (nSPS) is 13.7. The molecule has 0 bridgehead atoms. The Hall–Kier alpha value is -3.02. The molecule has 0 amide bonds. The molecule has 4 rings (SSSR count). The maximum atomic E-state index is 13.0. The van der Waals surface area contributed by atoms with E-state index in [2.05, 4.69) is 45.0 Å². The maximum absolute atomic E-state index is 13.0. The lowest BCUT2D eigenvalue weighted by Gasteiger charge is -2.24. The number of aromatic nitrogens is 3. The van der Waals surface area contributed by atoms with Gasteiger partial charge in [0.1, 0.15) is 17.9 Å². The number of likely N-dealkylation sites (N-methyl/N-ethyl adjacent to an activating group) is 1. The van der Waals surface area contributed by atoms with Crippen LogP contribution in [-0.4, -0.2) is 35.2 Å². The zero-order chi connectivity index (χ0) is 18.8. The third-order valence-electron chi connectivity index (χ3n) is 4.89. The van der Waals surface area contributed by atoms with Gasteiger partial charge in [-0.2, -0.15) is 4.39 Å². The summed E-state index contributed by atoms with van der Waals surface area (Å²) in [6, 6.07) is 11.3. The van der Waals surface area contributed by atoms with Crippen LogP contribution < -0.4 is 9.64 Å². The molecule has 1 unspecified atom stereocenters. The van der Waals surface area contributed by atoms with E-state index in [1.807, 2.05) is 13.1 Å². The summed E-state index contributed by atoms with van der Waals surface area (Å²) in [4.78, 5) is 14.5. The Morgan fingerprint density at radius 2 is 2.07 bits per heavy atom. The number of hydrogen-bond donors (Lipinski definition) is 0. The third-order valence-corrected chi connectivity index (χ3v) is 4.89. The molecule has 0 fully saturated rings. The van der Waals surface area contributed by atoms with Crippen LogP contribution >= 0.6 is 0 Å². The first-order chi connectivity index (χ1) is 13.1. The van der Waals surface area contributed by atoms with Crippen molar-refractivity contribution in [3.8, 4) is 17.0 Å². The number of halogens is 1. The molecule has 0 saturated heterocycles. The molecular formula is C21H21FN4O. The lowest BCUT2D eigenvalue weighted by atomic mass is 9.97. The van der Waals surface area contributed by atoms with Gasteiger partial charge in [-0.25, -0.2) is 15.0 Å². The first kappa shape index (κ1) is 17.4. The van der Waals surface area contributed by atoms with Crippen molar-refractivity contribution in [1.82, 2.24) is 15.0 Å². The summed E-state index contributed by atoms with van der Waals surface area (Å²) in [5, 5.41) is 0. The average molecular weight is 364 g/mol. The molecule has 2 aromatic heterocycles. The van der Waals surface area contributed by atoms with Crippen molar-refractivity contribution in [2.24, 2.45) is 0 Å². The minimum atomic E-state index is -0.503. The first-order valence-electron chi connectivity index (χ1n) is 9.01. The molecular weight excluding hydrogens is 343 g/mol. The van der Waals surface area contributed by atoms with Crippen molar-refractivity contribution < 1.29 is 9.13 Å². The minimum absolute atomic E-state index is 0.286. The van der Waals surface area contributed by atoms with E-state index in [1.54, 1.807) is 6.07 Å². The SMILES string of the molecule is CC(CN(C)c1cc(-c2ccc(F)nc2)ncn1)c1cccc2c1OCC2. The number of fused-ring (bicyclic) bond motifs is 1. The molecule has 1 atom stereocenters. The fourth-order valence-corrected chi connectivity index (χ4v) is 3.47. The number of anilines is 1. The van der Waals surface area contributed by atoms with E-state index in [4.69, 9.17) is 4.74 Å². The second kappa shape index (κ2) is 7.31. The van der Waals surface area contributed by atoms with Crippen LogP contribution in [0.15, 0.2) is 48.9 Å². The van der Waals surface area contributed by atoms with E-state index in [0.717, 1.165) is 42.4 Å². The van der Waals surface area contributed by atoms with Gasteiger partial charge in [0.15, 0.2) is 0 Å². The van der Waals surface area contributed by atoms with Gasteiger partial charge in [0.2, 0.25) is 5.95 Å². The van der Waals surface area contributed by atoms with Gasteiger partial charge in [-0.1, -0.05) is 25.1 Å². The van der Waals surface area contributed by atoms with E-state index in [-0.39, 0.29) is 5.92 Å². The maximum Gasteiger partial charge on any atom is 0.212 e. The molecule has 138 valence electrons. The molecule has 1 aromatic carbocycles. The Kier molecular flexibility index (Phi) is 4.71. The summed E-state index contributed by atoms with van der Waals surface area (Å²) in [7, 11) is 2.01. The molecule has 0 radical (unpaired) electrons. The predicted octanol–water partition coefficient (Wildman–Crippen LogP) is 3.85. The predicted molar refractivity (Wildman–Crippen MR) is 103 cm³/mol. The number of benzene rings is 1. The van der Waals surface area contributed by atoms with E-state index >= 15 is 0 Å². The fourth-order valence-electron chi connectivity index (χ4n) is 3.47. The summed E-state index contributed by atoms with van der Waals surface area (Å²) >= 11 is 0. The highest BCUT2D eigenvalue weighted by atomic mass is 19.1. The Labute approximate surface area is 157 Å². The van der Waals surface area contributed by atoms with Gasteiger partial charge >= 0.3 is 0 Å². The molecule has 0 aliphatic carbocycles. The summed E-state index contributed by atoms with van der Waals surface area (Å²) < 4.78 is 18.9. The van der Waals surface area contributed by atoms with Crippen LogP contribution in [-0.2, 0) is 6.42 Å². The number of ether oxygens (including phenoxy) is 1. The van der Waals surface area contributed by atoms with E-state index in [0.29, 0.717) is 0 Å². The van der Waals surface area contributed by atoms with Crippen molar-refractivity contribution >= 4 is 5.82 Å². The molecule has 3 heterocycles. The van der Waals surface area contributed by atoms with Gasteiger partial charge in [0, 0.05) is 43.8 Å². The largest absolute Gasteiger partial charge is 0.493 e. The van der Waals surface area contributed by atoms with Crippen LogP contribution in [0, 0.1) is 5.95 Å². The molecule has 27 heavy (non-hydrogen) atoms. The Balaban J connectivity index is 1.53. The number of pyridine rings is 1. The minimum Gasteiger partial charge on any atom is -0.493 e. The van der Waals surface area contributed by atoms with Gasteiger partial charge < -0.3 is 9.64 Å². The highest BCUT2D eigenvalue weighted by Gasteiger charge is 2.21. The quantitative estimate of drug-likeness (QED) is 0.644. The van der Waals surface area contributed by atoms with E-state index < -0.39 is 5.95 Å². The van der Waals surface area contributed by atoms with Crippen molar-refractivity contribution in [3.63, 3.8) is 0 Å². The Morgan fingerprint density at radius 3 is 2.89 bits per heavy atom. The summed E-state index contributed by atoms with van der Waals surface area (Å²) in [5.41, 5.74) is 4.00. The molecule has 0 N–H and O–H groups in total. The number of nitrogens with zero attached hydrogens (tertiary/aromatic N) is 4. The van der Waals surface area contributed by atoms with Crippen LogP contribution in [0.2, 0.25) is 0 Å². The fraction of sp³-hybridized carbons (Fsp3) is 0.286. The van der Waals surface area contributed by atoms with Crippen molar-refractivity contribution in [2.75, 3.05) is 25.1 Å². The molecule has 1 aliphatic heterocycles. The zero-order valence-electron chi connectivity index (χ0n) is 15.4. The standard InChI is InChI=1S/C21H21FN4O/c1-14(17-5-3-4-15-8-9-27-21(15)17)12-26(2)20-10-18(24-13-25-20)16-6-7-19(22)23-11-16/h3-7,10-11,13-14H,8-9,12H2,1-2H3. The molecule has 6 heteroatoms. The lowest BCUT2D eigenvalue weighted by molar-refractivity contribution is 0.351. The molecule has 5 nitrogen and oxygen atoms in total. The topological polar surface area (TPSA) is 51.1 Å². The van der Waals surface area contributed by atoms with Crippen molar-refractivity contribution in [3.05, 3.63) is 66.0 Å². The van der Waals surface area contributed by atoms with Gasteiger partial charge in [-0.15, -0.1) is 0 Å². The van der Waals surface area contributed by atoms with E-state index in [1.165, 1.54) is 29.7 Å². The smallest absolute Gasteiger partial charge is 0.212 e. The van der Waals surface area contributed by atoms with Gasteiger partial charge in [0.25, 0.3) is 0 Å². The first-order valence-corrected chi connectivity index (χ1v) is 9.01. The average Bonchev–Trinajstić information content (AvgIpc) is 3.17. The van der Waals surface area contributed by atoms with Crippen LogP contribution in [0.3, 0.4) is 0 Å². The summed E-state index contributed by atoms with van der Waals surface area (Å²) in [6.45, 7) is 3.74. The number of para-hydroxylation sites is 1. The second-order valence-corrected chi connectivity index (χ2v) is 6.85. The van der Waals surface area contributed by atoms with Gasteiger partial charge in [-0.05, 0) is 23.3 Å². The lowest BCUT2D eigenvalue weighted by Crippen LogP contribution is -2.24. The van der Waals surface area contributed by atoms with Crippen molar-refractivity contribution in [2.45, 2.75) is 19.3 Å². The Morgan fingerprint density at radius 1 is 1.19 bits per heavy atom.